The van der Waals surface area contributed by atoms with Crippen LogP contribution in [0.3, 0.4) is 0 Å². The molecule has 0 atom stereocenters. The van der Waals surface area contributed by atoms with Crippen molar-refractivity contribution in [2.24, 2.45) is 0 Å². The van der Waals surface area contributed by atoms with Gasteiger partial charge in [-0.05, 0) is 48.0 Å². The number of benzene rings is 2. The highest BCUT2D eigenvalue weighted by Gasteiger charge is 2.22. The maximum absolute atomic E-state index is 12.4. The predicted molar refractivity (Wildman–Crippen MR) is 108 cm³/mol. The zero-order valence-electron chi connectivity index (χ0n) is 14.7. The zero-order valence-corrected chi connectivity index (χ0v) is 17.1. The van der Waals surface area contributed by atoms with Crippen LogP contribution in [0.15, 0.2) is 59.5 Å². The van der Waals surface area contributed by atoms with E-state index in [1.807, 2.05) is 0 Å². The van der Waals surface area contributed by atoms with Crippen molar-refractivity contribution in [2.75, 3.05) is 13.6 Å². The molecule has 0 aliphatic rings. The Morgan fingerprint density at radius 2 is 1.50 bits per heavy atom. The number of hydrazine groups is 1. The van der Waals surface area contributed by atoms with E-state index in [-0.39, 0.29) is 4.90 Å². The average Bonchev–Trinajstić information content (AvgIpc) is 2.66. The number of rotatable bonds is 6. The quantitative estimate of drug-likeness (QED) is 0.531. The van der Waals surface area contributed by atoms with Gasteiger partial charge in [-0.25, -0.2) is 8.42 Å². The summed E-state index contributed by atoms with van der Waals surface area (Å²) in [5, 5.41) is 0.972. The van der Waals surface area contributed by atoms with Crippen LogP contribution in [0.25, 0.3) is 6.08 Å². The Morgan fingerprint density at radius 3 is 2.07 bits per heavy atom. The molecule has 2 amide bonds. The second kappa shape index (κ2) is 9.70. The van der Waals surface area contributed by atoms with Gasteiger partial charge in [-0.15, -0.1) is 0 Å². The van der Waals surface area contributed by atoms with E-state index in [1.54, 1.807) is 24.3 Å². The Labute approximate surface area is 173 Å². The van der Waals surface area contributed by atoms with E-state index in [4.69, 9.17) is 23.2 Å². The number of hydrogen-bond donors (Lipinski definition) is 2. The Bertz CT molecular complexity index is 975. The maximum atomic E-state index is 12.4. The third kappa shape index (κ3) is 6.35. The van der Waals surface area contributed by atoms with Crippen LogP contribution in [-0.4, -0.2) is 38.1 Å². The molecule has 148 valence electrons. The van der Waals surface area contributed by atoms with Crippen LogP contribution in [-0.2, 0) is 19.6 Å². The standard InChI is InChI=1S/C18H17Cl2N3O4S/c1-23(28(26,27)16-9-7-15(20)8-10-16)12-18(25)22-21-17(24)11-4-13-2-5-14(19)6-3-13/h2-11H,12H2,1H3,(H,21,24)(H,22,25)/b11-4+. The minimum Gasteiger partial charge on any atom is -0.272 e. The molecule has 0 aromatic heterocycles. The van der Waals surface area contributed by atoms with Gasteiger partial charge in [-0.1, -0.05) is 35.3 Å². The number of sulfonamides is 1. The van der Waals surface area contributed by atoms with Crippen LogP contribution in [0.5, 0.6) is 0 Å². The summed E-state index contributed by atoms with van der Waals surface area (Å²) in [6.07, 6.45) is 2.76. The van der Waals surface area contributed by atoms with Crippen molar-refractivity contribution in [1.29, 1.82) is 0 Å². The first-order chi connectivity index (χ1) is 13.2. The van der Waals surface area contributed by atoms with Gasteiger partial charge in [-0.3, -0.25) is 20.4 Å². The van der Waals surface area contributed by atoms with Crippen molar-refractivity contribution >= 4 is 51.1 Å². The predicted octanol–water partition coefficient (Wildman–Crippen LogP) is 2.47. The third-order valence-corrected chi connectivity index (χ3v) is 5.83. The molecule has 0 spiro atoms. The maximum Gasteiger partial charge on any atom is 0.262 e. The van der Waals surface area contributed by atoms with Gasteiger partial charge >= 0.3 is 0 Å². The Hall–Kier alpha value is -2.39. The molecule has 0 saturated carbocycles. The van der Waals surface area contributed by atoms with Gasteiger partial charge in [-0.2, -0.15) is 4.31 Å². The number of carbonyl (C=O) groups is 2. The molecular weight excluding hydrogens is 425 g/mol. The van der Waals surface area contributed by atoms with Gasteiger partial charge in [0.15, 0.2) is 0 Å². The number of likely N-dealkylation sites (N-methyl/N-ethyl adjacent to an activating group) is 1. The number of nitrogens with one attached hydrogen (secondary N) is 2. The highest BCUT2D eigenvalue weighted by molar-refractivity contribution is 7.89. The highest BCUT2D eigenvalue weighted by atomic mass is 35.5. The molecule has 0 aliphatic heterocycles. The summed E-state index contributed by atoms with van der Waals surface area (Å²) in [7, 11) is -2.61. The molecule has 2 aromatic carbocycles. The molecule has 10 heteroatoms. The summed E-state index contributed by atoms with van der Waals surface area (Å²) in [5.41, 5.74) is 5.08. The van der Waals surface area contributed by atoms with E-state index in [1.165, 1.54) is 43.5 Å². The number of halogens is 2. The monoisotopic (exact) mass is 441 g/mol. The minimum absolute atomic E-state index is 0.00198. The topological polar surface area (TPSA) is 95.6 Å². The summed E-state index contributed by atoms with van der Waals surface area (Å²) in [6.45, 7) is -0.480. The normalized spacial score (nSPS) is 11.6. The van der Waals surface area contributed by atoms with E-state index in [2.05, 4.69) is 10.9 Å². The van der Waals surface area contributed by atoms with Gasteiger partial charge in [0.25, 0.3) is 11.8 Å². The lowest BCUT2D eigenvalue weighted by molar-refractivity contribution is -0.126. The average molecular weight is 442 g/mol. The molecule has 28 heavy (non-hydrogen) atoms. The van der Waals surface area contributed by atoms with Gasteiger partial charge < -0.3 is 0 Å². The lowest BCUT2D eigenvalue weighted by atomic mass is 10.2. The van der Waals surface area contributed by atoms with Gasteiger partial charge in [0.2, 0.25) is 10.0 Å². The van der Waals surface area contributed by atoms with Crippen molar-refractivity contribution in [1.82, 2.24) is 15.2 Å². The van der Waals surface area contributed by atoms with Crippen molar-refractivity contribution < 1.29 is 18.0 Å². The largest absolute Gasteiger partial charge is 0.272 e. The molecule has 7 nitrogen and oxygen atoms in total. The second-order valence-electron chi connectivity index (χ2n) is 5.64. The van der Waals surface area contributed by atoms with Crippen molar-refractivity contribution in [2.45, 2.75) is 4.90 Å². The number of carbonyl (C=O) groups excluding carboxylic acids is 2. The summed E-state index contributed by atoms with van der Waals surface area (Å²) in [4.78, 5) is 23.7. The van der Waals surface area contributed by atoms with E-state index >= 15 is 0 Å². The summed E-state index contributed by atoms with van der Waals surface area (Å²) in [6, 6.07) is 12.4. The summed E-state index contributed by atoms with van der Waals surface area (Å²) >= 11 is 11.5. The molecule has 0 fully saturated rings. The smallest absolute Gasteiger partial charge is 0.262 e. The van der Waals surface area contributed by atoms with Gasteiger partial charge in [0.1, 0.15) is 0 Å². The van der Waals surface area contributed by atoms with E-state index in [0.717, 1.165) is 9.87 Å². The zero-order chi connectivity index (χ0) is 20.7. The second-order valence-corrected chi connectivity index (χ2v) is 8.56. The fourth-order valence-corrected chi connectivity index (χ4v) is 3.41. The fraction of sp³-hybridized carbons (Fsp3) is 0.111. The Morgan fingerprint density at radius 1 is 0.964 bits per heavy atom. The van der Waals surface area contributed by atoms with Crippen molar-refractivity contribution in [3.63, 3.8) is 0 Å². The first-order valence-corrected chi connectivity index (χ1v) is 10.1. The van der Waals surface area contributed by atoms with Crippen LogP contribution in [0, 0.1) is 0 Å². The van der Waals surface area contributed by atoms with Crippen molar-refractivity contribution in [3.8, 4) is 0 Å². The molecule has 2 rings (SSSR count). The van der Waals surface area contributed by atoms with Crippen LogP contribution in [0.1, 0.15) is 5.56 Å². The van der Waals surface area contributed by atoms with Gasteiger partial charge in [0.05, 0.1) is 11.4 Å². The minimum atomic E-state index is -3.86. The van der Waals surface area contributed by atoms with Crippen LogP contribution in [0.4, 0.5) is 0 Å². The van der Waals surface area contributed by atoms with Crippen LogP contribution < -0.4 is 10.9 Å². The van der Waals surface area contributed by atoms with Gasteiger partial charge in [0, 0.05) is 23.2 Å². The molecule has 0 heterocycles. The Kier molecular flexibility index (Phi) is 7.59. The van der Waals surface area contributed by atoms with Crippen molar-refractivity contribution in [3.05, 3.63) is 70.2 Å². The molecule has 0 unspecified atom stereocenters. The number of hydrogen-bond acceptors (Lipinski definition) is 4. The van der Waals surface area contributed by atoms with E-state index in [9.17, 15) is 18.0 Å². The molecule has 0 radical (unpaired) electrons. The molecule has 2 aromatic rings. The lowest BCUT2D eigenvalue weighted by Gasteiger charge is -2.17. The number of amides is 2. The fourth-order valence-electron chi connectivity index (χ4n) is 2.03. The third-order valence-electron chi connectivity index (χ3n) is 3.51. The SMILES string of the molecule is CN(CC(=O)NNC(=O)/C=C/c1ccc(Cl)cc1)S(=O)(=O)c1ccc(Cl)cc1. The van der Waals surface area contributed by atoms with E-state index in [0.29, 0.717) is 10.0 Å². The highest BCUT2D eigenvalue weighted by Crippen LogP contribution is 2.17. The molecule has 0 aliphatic carbocycles. The first kappa shape index (κ1) is 21.9. The van der Waals surface area contributed by atoms with Crippen LogP contribution >= 0.6 is 23.2 Å². The molecule has 2 N–H and O–H groups in total. The molecular formula is C18H17Cl2N3O4S. The first-order valence-electron chi connectivity index (χ1n) is 7.93. The summed E-state index contributed by atoms with van der Waals surface area (Å²) < 4.78 is 25.7. The van der Waals surface area contributed by atoms with E-state index < -0.39 is 28.4 Å². The molecule has 0 saturated heterocycles. The van der Waals surface area contributed by atoms with Crippen LogP contribution in [0.2, 0.25) is 10.0 Å². The lowest BCUT2D eigenvalue weighted by Crippen LogP contribution is -2.46. The summed E-state index contributed by atoms with van der Waals surface area (Å²) in [5.74, 6) is -1.28. The Balaban J connectivity index is 1.86. The number of nitrogens with zero attached hydrogens (tertiary/aromatic N) is 1. The molecule has 0 bridgehead atoms.